The summed E-state index contributed by atoms with van der Waals surface area (Å²) in [6.45, 7) is 9.72. The van der Waals surface area contributed by atoms with Gasteiger partial charge in [-0.05, 0) is 63.4 Å². The van der Waals surface area contributed by atoms with Gasteiger partial charge in [-0.25, -0.2) is 4.79 Å². The number of hydrogen-bond donors (Lipinski definition) is 1. The molecule has 1 N–H and O–H groups in total. The molecule has 2 aromatic rings. The molecule has 2 aromatic carbocycles. The second-order valence-electron chi connectivity index (χ2n) is 6.52. The molecule has 0 bridgehead atoms. The highest BCUT2D eigenvalue weighted by molar-refractivity contribution is 5.85. The molecule has 0 aliphatic carbocycles. The van der Waals surface area contributed by atoms with Crippen molar-refractivity contribution in [3.8, 4) is 11.1 Å². The normalized spacial score (nSPS) is 11.1. The number of ether oxygens (including phenoxy) is 1. The van der Waals surface area contributed by atoms with E-state index in [0.717, 1.165) is 11.3 Å². The first-order chi connectivity index (χ1) is 10.2. The van der Waals surface area contributed by atoms with Crippen LogP contribution in [0.3, 0.4) is 0 Å². The van der Waals surface area contributed by atoms with Crippen LogP contribution in [-0.2, 0) is 4.74 Å². The Hall–Kier alpha value is -2.29. The van der Waals surface area contributed by atoms with E-state index in [1.54, 1.807) is 0 Å². The summed E-state index contributed by atoms with van der Waals surface area (Å²) in [5.41, 5.74) is 5.06. The van der Waals surface area contributed by atoms with E-state index in [4.69, 9.17) is 4.74 Å². The van der Waals surface area contributed by atoms with E-state index in [1.165, 1.54) is 16.7 Å². The fourth-order valence-electron chi connectivity index (χ4n) is 2.29. The fourth-order valence-corrected chi connectivity index (χ4v) is 2.29. The van der Waals surface area contributed by atoms with Gasteiger partial charge in [0.1, 0.15) is 5.60 Å². The molecule has 0 aliphatic rings. The van der Waals surface area contributed by atoms with Crippen molar-refractivity contribution in [1.82, 2.24) is 0 Å². The molecule has 3 nitrogen and oxygen atoms in total. The molecule has 0 saturated heterocycles. The van der Waals surface area contributed by atoms with Gasteiger partial charge in [-0.3, -0.25) is 5.32 Å². The van der Waals surface area contributed by atoms with Gasteiger partial charge < -0.3 is 4.74 Å². The van der Waals surface area contributed by atoms with Crippen molar-refractivity contribution < 1.29 is 9.53 Å². The average molecular weight is 297 g/mol. The first-order valence-corrected chi connectivity index (χ1v) is 7.42. The predicted octanol–water partition coefficient (Wildman–Crippen LogP) is 5.32. The number of nitrogens with one attached hydrogen (secondary N) is 1. The topological polar surface area (TPSA) is 38.3 Å². The molecule has 0 unspecified atom stereocenters. The lowest BCUT2D eigenvalue weighted by Gasteiger charge is -2.19. The van der Waals surface area contributed by atoms with Gasteiger partial charge >= 0.3 is 6.09 Å². The van der Waals surface area contributed by atoms with E-state index in [0.29, 0.717) is 0 Å². The summed E-state index contributed by atoms with van der Waals surface area (Å²) in [5, 5.41) is 2.74. The Balaban J connectivity index is 2.12. The van der Waals surface area contributed by atoms with Crippen molar-refractivity contribution in [3.63, 3.8) is 0 Å². The smallest absolute Gasteiger partial charge is 0.412 e. The lowest BCUT2D eigenvalue weighted by Crippen LogP contribution is -2.27. The summed E-state index contributed by atoms with van der Waals surface area (Å²) in [6, 6.07) is 14.2. The third-order valence-corrected chi connectivity index (χ3v) is 3.22. The van der Waals surface area contributed by atoms with E-state index >= 15 is 0 Å². The van der Waals surface area contributed by atoms with Crippen LogP contribution in [0.5, 0.6) is 0 Å². The number of rotatable bonds is 2. The van der Waals surface area contributed by atoms with Crippen LogP contribution < -0.4 is 5.32 Å². The zero-order chi connectivity index (χ0) is 16.3. The fraction of sp³-hybridized carbons (Fsp3) is 0.316. The van der Waals surface area contributed by atoms with Crippen LogP contribution in [0.25, 0.3) is 11.1 Å². The molecule has 0 saturated carbocycles. The Morgan fingerprint density at radius 2 is 1.64 bits per heavy atom. The number of benzene rings is 2. The van der Waals surface area contributed by atoms with Gasteiger partial charge in [0, 0.05) is 5.69 Å². The minimum atomic E-state index is -0.497. The molecule has 0 atom stereocenters. The van der Waals surface area contributed by atoms with Crippen molar-refractivity contribution in [3.05, 3.63) is 53.6 Å². The number of aryl methyl sites for hydroxylation is 2. The summed E-state index contributed by atoms with van der Waals surface area (Å²) in [5.74, 6) is 0. The van der Waals surface area contributed by atoms with Gasteiger partial charge in [0.05, 0.1) is 0 Å². The second-order valence-corrected chi connectivity index (χ2v) is 6.52. The maximum Gasteiger partial charge on any atom is 0.412 e. The van der Waals surface area contributed by atoms with Gasteiger partial charge in [-0.2, -0.15) is 0 Å². The highest BCUT2D eigenvalue weighted by Crippen LogP contribution is 2.25. The number of amides is 1. The third-order valence-electron chi connectivity index (χ3n) is 3.22. The van der Waals surface area contributed by atoms with Gasteiger partial charge in [0.25, 0.3) is 0 Å². The number of carbonyl (C=O) groups excluding carboxylic acids is 1. The zero-order valence-electron chi connectivity index (χ0n) is 13.9. The third kappa shape index (κ3) is 4.35. The summed E-state index contributed by atoms with van der Waals surface area (Å²) >= 11 is 0. The molecule has 0 aromatic heterocycles. The first-order valence-electron chi connectivity index (χ1n) is 7.42. The molecular formula is C19H23NO2. The number of carbonyl (C=O) groups is 1. The quantitative estimate of drug-likeness (QED) is 0.815. The largest absolute Gasteiger partial charge is 0.444 e. The van der Waals surface area contributed by atoms with Crippen LogP contribution in [-0.4, -0.2) is 11.7 Å². The zero-order valence-corrected chi connectivity index (χ0v) is 13.9. The minimum Gasteiger partial charge on any atom is -0.444 e. The van der Waals surface area contributed by atoms with Gasteiger partial charge in [-0.15, -0.1) is 0 Å². The van der Waals surface area contributed by atoms with Crippen LogP contribution in [0.2, 0.25) is 0 Å². The Morgan fingerprint density at radius 1 is 1.00 bits per heavy atom. The van der Waals surface area contributed by atoms with Crippen LogP contribution in [0.15, 0.2) is 42.5 Å². The van der Waals surface area contributed by atoms with E-state index in [-0.39, 0.29) is 0 Å². The lowest BCUT2D eigenvalue weighted by atomic mass is 9.99. The summed E-state index contributed by atoms with van der Waals surface area (Å²) in [7, 11) is 0. The Bertz CT molecular complexity index is 667. The van der Waals surface area contributed by atoms with Crippen LogP contribution in [0.1, 0.15) is 31.9 Å². The maximum absolute atomic E-state index is 11.7. The SMILES string of the molecule is Cc1ccc(-c2ccc(NC(=O)OC(C)(C)C)cc2)c(C)c1. The second kappa shape index (κ2) is 6.22. The molecule has 0 radical (unpaired) electrons. The monoisotopic (exact) mass is 297 g/mol. The Kier molecular flexibility index (Phi) is 4.55. The minimum absolute atomic E-state index is 0.438. The molecule has 0 fully saturated rings. The molecular weight excluding hydrogens is 274 g/mol. The summed E-state index contributed by atoms with van der Waals surface area (Å²) < 4.78 is 5.24. The predicted molar refractivity (Wildman–Crippen MR) is 91.2 cm³/mol. The molecule has 1 amide bonds. The highest BCUT2D eigenvalue weighted by atomic mass is 16.6. The van der Waals surface area contributed by atoms with E-state index in [2.05, 4.69) is 37.4 Å². The summed E-state index contributed by atoms with van der Waals surface area (Å²) in [4.78, 5) is 11.7. The Morgan fingerprint density at radius 3 is 2.18 bits per heavy atom. The molecule has 0 heterocycles. The summed E-state index contributed by atoms with van der Waals surface area (Å²) in [6.07, 6.45) is -0.438. The Labute approximate surface area is 132 Å². The van der Waals surface area contributed by atoms with E-state index < -0.39 is 11.7 Å². The standard InChI is InChI=1S/C19H23NO2/c1-13-6-11-17(14(2)12-13)15-7-9-16(10-8-15)20-18(21)22-19(3,4)5/h6-12H,1-5H3,(H,20,21). The van der Waals surface area contributed by atoms with Gasteiger partial charge in [-0.1, -0.05) is 35.9 Å². The van der Waals surface area contributed by atoms with E-state index in [9.17, 15) is 4.79 Å². The molecule has 0 aliphatic heterocycles. The molecule has 2 rings (SSSR count). The molecule has 3 heteroatoms. The molecule has 22 heavy (non-hydrogen) atoms. The van der Waals surface area contributed by atoms with Crippen LogP contribution >= 0.6 is 0 Å². The first kappa shape index (κ1) is 16.1. The van der Waals surface area contributed by atoms with Crippen molar-refractivity contribution in [2.24, 2.45) is 0 Å². The van der Waals surface area contributed by atoms with Crippen molar-refractivity contribution in [1.29, 1.82) is 0 Å². The number of hydrogen-bond acceptors (Lipinski definition) is 2. The van der Waals surface area contributed by atoms with Crippen LogP contribution in [0, 0.1) is 13.8 Å². The van der Waals surface area contributed by atoms with Gasteiger partial charge in [0.15, 0.2) is 0 Å². The molecule has 0 spiro atoms. The maximum atomic E-state index is 11.7. The highest BCUT2D eigenvalue weighted by Gasteiger charge is 2.16. The van der Waals surface area contributed by atoms with Crippen molar-refractivity contribution in [2.75, 3.05) is 5.32 Å². The average Bonchev–Trinajstić information content (AvgIpc) is 2.38. The van der Waals surface area contributed by atoms with E-state index in [1.807, 2.05) is 45.0 Å². The molecule has 116 valence electrons. The van der Waals surface area contributed by atoms with Crippen molar-refractivity contribution >= 4 is 11.8 Å². The lowest BCUT2D eigenvalue weighted by molar-refractivity contribution is 0.0636. The van der Waals surface area contributed by atoms with Crippen LogP contribution in [0.4, 0.5) is 10.5 Å². The van der Waals surface area contributed by atoms with Gasteiger partial charge in [0.2, 0.25) is 0 Å². The number of anilines is 1. The van der Waals surface area contributed by atoms with Crippen molar-refractivity contribution in [2.45, 2.75) is 40.2 Å².